The van der Waals surface area contributed by atoms with Crippen LogP contribution in [-0.4, -0.2) is 30.7 Å². The number of oxime groups is 1. The summed E-state index contributed by atoms with van der Waals surface area (Å²) in [7, 11) is 1.58. The summed E-state index contributed by atoms with van der Waals surface area (Å²) in [5.74, 6) is -0.715. The molecule has 120 valence electrons. The maximum atomic E-state index is 12.8. The zero-order valence-corrected chi connectivity index (χ0v) is 12.9. The molecular formula is C18H14N2O4. The minimum atomic E-state index is -0.894. The number of benzene rings is 2. The predicted molar refractivity (Wildman–Crippen MR) is 86.8 cm³/mol. The Hall–Kier alpha value is -3.15. The van der Waals surface area contributed by atoms with Crippen LogP contribution in [0, 0.1) is 5.92 Å². The zero-order valence-electron chi connectivity index (χ0n) is 12.9. The molecule has 6 heteroatoms. The molecule has 2 amide bonds. The van der Waals surface area contributed by atoms with Gasteiger partial charge in [0.1, 0.15) is 17.4 Å². The van der Waals surface area contributed by atoms with Crippen LogP contribution in [0.5, 0.6) is 5.75 Å². The van der Waals surface area contributed by atoms with Gasteiger partial charge in [0.25, 0.3) is 5.91 Å². The second-order valence-electron chi connectivity index (χ2n) is 5.56. The highest BCUT2D eigenvalue weighted by atomic mass is 16.6. The van der Waals surface area contributed by atoms with Crippen molar-refractivity contribution >= 4 is 23.2 Å². The Kier molecular flexibility index (Phi) is 3.30. The van der Waals surface area contributed by atoms with Crippen LogP contribution in [0.25, 0.3) is 0 Å². The third-order valence-corrected chi connectivity index (χ3v) is 4.21. The third kappa shape index (κ3) is 2.07. The number of carbonyl (C=O) groups excluding carboxylic acids is 2. The highest BCUT2D eigenvalue weighted by molar-refractivity contribution is 6.32. The van der Waals surface area contributed by atoms with Crippen LogP contribution in [0.2, 0.25) is 0 Å². The summed E-state index contributed by atoms with van der Waals surface area (Å²) in [4.78, 5) is 31.8. The number of fused-ring (bicyclic) bond motifs is 1. The molecule has 0 bridgehead atoms. The van der Waals surface area contributed by atoms with E-state index in [1.165, 1.54) is 4.90 Å². The second kappa shape index (κ2) is 5.49. The van der Waals surface area contributed by atoms with E-state index in [-0.39, 0.29) is 11.8 Å². The Morgan fingerprint density at radius 2 is 1.71 bits per heavy atom. The van der Waals surface area contributed by atoms with Crippen LogP contribution >= 0.6 is 0 Å². The van der Waals surface area contributed by atoms with Crippen molar-refractivity contribution in [1.82, 2.24) is 0 Å². The Balaban J connectivity index is 1.68. The van der Waals surface area contributed by atoms with Gasteiger partial charge in [-0.2, -0.15) is 0 Å². The molecule has 2 aliphatic rings. The van der Waals surface area contributed by atoms with Crippen LogP contribution in [-0.2, 0) is 14.4 Å². The summed E-state index contributed by atoms with van der Waals surface area (Å²) in [5.41, 5.74) is 1.75. The van der Waals surface area contributed by atoms with E-state index in [0.29, 0.717) is 17.1 Å². The number of rotatable bonds is 3. The van der Waals surface area contributed by atoms with E-state index in [1.54, 1.807) is 55.6 Å². The summed E-state index contributed by atoms with van der Waals surface area (Å²) in [5, 5.41) is 3.98. The molecule has 0 unspecified atom stereocenters. The maximum absolute atomic E-state index is 12.8. The van der Waals surface area contributed by atoms with Gasteiger partial charge in [-0.05, 0) is 36.4 Å². The lowest BCUT2D eigenvalue weighted by atomic mass is 9.94. The van der Waals surface area contributed by atoms with Gasteiger partial charge in [-0.1, -0.05) is 23.4 Å². The second-order valence-corrected chi connectivity index (χ2v) is 5.56. The lowest BCUT2D eigenvalue weighted by molar-refractivity contribution is -0.126. The minimum absolute atomic E-state index is 0.316. The normalized spacial score (nSPS) is 22.2. The molecule has 0 saturated carbocycles. The van der Waals surface area contributed by atoms with Gasteiger partial charge in [0, 0.05) is 5.56 Å². The van der Waals surface area contributed by atoms with Gasteiger partial charge in [0.2, 0.25) is 12.0 Å². The Bertz CT molecular complexity index is 830. The molecular weight excluding hydrogens is 308 g/mol. The number of carbonyl (C=O) groups is 2. The molecule has 1 saturated heterocycles. The fraction of sp³-hybridized carbons (Fsp3) is 0.167. The van der Waals surface area contributed by atoms with E-state index in [9.17, 15) is 9.59 Å². The number of hydrogen-bond acceptors (Lipinski definition) is 5. The number of imide groups is 1. The average molecular weight is 322 g/mol. The van der Waals surface area contributed by atoms with Gasteiger partial charge in [-0.25, -0.2) is 4.90 Å². The van der Waals surface area contributed by atoms with Crippen LogP contribution in [0.15, 0.2) is 59.8 Å². The van der Waals surface area contributed by atoms with Crippen LogP contribution in [0.4, 0.5) is 5.69 Å². The van der Waals surface area contributed by atoms with Gasteiger partial charge in [0.05, 0.1) is 12.8 Å². The van der Waals surface area contributed by atoms with Gasteiger partial charge < -0.3 is 9.57 Å². The van der Waals surface area contributed by atoms with Crippen molar-refractivity contribution in [3.8, 4) is 5.75 Å². The van der Waals surface area contributed by atoms with Crippen molar-refractivity contribution in [2.24, 2.45) is 11.1 Å². The van der Waals surface area contributed by atoms with Crippen molar-refractivity contribution in [2.75, 3.05) is 12.0 Å². The fourth-order valence-corrected chi connectivity index (χ4v) is 3.01. The van der Waals surface area contributed by atoms with E-state index >= 15 is 0 Å². The van der Waals surface area contributed by atoms with Gasteiger partial charge in [0.15, 0.2) is 0 Å². The van der Waals surface area contributed by atoms with E-state index in [4.69, 9.17) is 9.57 Å². The molecule has 2 atom stereocenters. The maximum Gasteiger partial charge on any atom is 0.278 e. The monoisotopic (exact) mass is 322 g/mol. The lowest BCUT2D eigenvalue weighted by Crippen LogP contribution is -2.33. The quantitative estimate of drug-likeness (QED) is 0.811. The van der Waals surface area contributed by atoms with Crippen molar-refractivity contribution in [1.29, 1.82) is 0 Å². The molecule has 0 spiro atoms. The van der Waals surface area contributed by atoms with Crippen molar-refractivity contribution in [3.63, 3.8) is 0 Å². The first-order valence-electron chi connectivity index (χ1n) is 7.51. The molecule has 0 N–H and O–H groups in total. The molecule has 2 heterocycles. The Labute approximate surface area is 138 Å². The summed E-state index contributed by atoms with van der Waals surface area (Å²) < 4.78 is 5.13. The molecule has 4 rings (SSSR count). The predicted octanol–water partition coefficient (Wildman–Crippen LogP) is 1.99. The lowest BCUT2D eigenvalue weighted by Gasteiger charge is -2.15. The SMILES string of the molecule is COc1ccc(C2=NO[C@H]3C(=O)N(c4ccccc4)C(=O)[C@@H]23)cc1. The molecule has 2 aromatic rings. The van der Waals surface area contributed by atoms with E-state index in [2.05, 4.69) is 5.16 Å². The minimum Gasteiger partial charge on any atom is -0.497 e. The van der Waals surface area contributed by atoms with Crippen molar-refractivity contribution in [2.45, 2.75) is 6.10 Å². The molecule has 6 nitrogen and oxygen atoms in total. The van der Waals surface area contributed by atoms with Gasteiger partial charge in [-0.15, -0.1) is 0 Å². The summed E-state index contributed by atoms with van der Waals surface area (Å²) >= 11 is 0. The Morgan fingerprint density at radius 3 is 2.38 bits per heavy atom. The first kappa shape index (κ1) is 14.4. The van der Waals surface area contributed by atoms with Crippen LogP contribution in [0.1, 0.15) is 5.56 Å². The van der Waals surface area contributed by atoms with Crippen LogP contribution < -0.4 is 9.64 Å². The van der Waals surface area contributed by atoms with Crippen LogP contribution in [0.3, 0.4) is 0 Å². The highest BCUT2D eigenvalue weighted by Gasteiger charge is 2.56. The molecule has 24 heavy (non-hydrogen) atoms. The number of amides is 2. The average Bonchev–Trinajstić information content (AvgIpc) is 3.17. The molecule has 0 aromatic heterocycles. The summed E-state index contributed by atoms with van der Waals surface area (Å²) in [6.07, 6.45) is -0.894. The Morgan fingerprint density at radius 1 is 1.00 bits per heavy atom. The van der Waals surface area contributed by atoms with Crippen molar-refractivity contribution < 1.29 is 19.2 Å². The number of para-hydroxylation sites is 1. The number of methoxy groups -OCH3 is 1. The first-order valence-corrected chi connectivity index (χ1v) is 7.51. The standard InChI is InChI=1S/C18H14N2O4/c1-23-13-9-7-11(8-10-13)15-14-16(24-19-15)18(22)20(17(14)21)12-5-3-2-4-6-12/h2-10,14,16H,1H3/t14-,16+/m0/s1. The molecule has 2 aromatic carbocycles. The topological polar surface area (TPSA) is 68.2 Å². The summed E-state index contributed by atoms with van der Waals surface area (Å²) in [6, 6.07) is 16.0. The third-order valence-electron chi connectivity index (χ3n) is 4.21. The number of hydrogen-bond donors (Lipinski definition) is 0. The van der Waals surface area contributed by atoms with E-state index in [1.807, 2.05) is 6.07 Å². The molecule has 0 radical (unpaired) electrons. The first-order chi connectivity index (χ1) is 11.7. The fourth-order valence-electron chi connectivity index (χ4n) is 3.01. The smallest absolute Gasteiger partial charge is 0.278 e. The number of anilines is 1. The highest BCUT2D eigenvalue weighted by Crippen LogP contribution is 2.35. The van der Waals surface area contributed by atoms with Gasteiger partial charge in [-0.3, -0.25) is 9.59 Å². The largest absolute Gasteiger partial charge is 0.497 e. The van der Waals surface area contributed by atoms with Gasteiger partial charge >= 0.3 is 0 Å². The molecule has 0 aliphatic carbocycles. The van der Waals surface area contributed by atoms with Crippen molar-refractivity contribution in [3.05, 3.63) is 60.2 Å². The number of nitrogens with zero attached hydrogens (tertiary/aromatic N) is 2. The zero-order chi connectivity index (χ0) is 16.7. The van der Waals surface area contributed by atoms with E-state index in [0.717, 1.165) is 5.56 Å². The molecule has 2 aliphatic heterocycles. The van der Waals surface area contributed by atoms with E-state index < -0.39 is 12.0 Å². The molecule has 1 fully saturated rings. The summed E-state index contributed by atoms with van der Waals surface area (Å²) in [6.45, 7) is 0. The number of ether oxygens (including phenoxy) is 1.